The zero-order valence-corrected chi connectivity index (χ0v) is 23.0. The maximum atomic E-state index is 13.0. The molecule has 0 aliphatic heterocycles. The van der Waals surface area contributed by atoms with Gasteiger partial charge in [-0.05, 0) is 58.7 Å². The Kier molecular flexibility index (Phi) is 7.17. The van der Waals surface area contributed by atoms with Crippen molar-refractivity contribution in [3.05, 3.63) is 138 Å². The van der Waals surface area contributed by atoms with E-state index in [1.165, 1.54) is 11.6 Å². The number of amides is 1. The summed E-state index contributed by atoms with van der Waals surface area (Å²) in [6.45, 7) is 0.828. The molecule has 0 fully saturated rings. The lowest BCUT2D eigenvalue weighted by atomic mass is 10.0. The maximum Gasteiger partial charge on any atom is 0.264 e. The van der Waals surface area contributed by atoms with Crippen molar-refractivity contribution in [2.24, 2.45) is 0 Å². The summed E-state index contributed by atoms with van der Waals surface area (Å²) in [5.41, 5.74) is 4.53. The van der Waals surface area contributed by atoms with Gasteiger partial charge in [-0.1, -0.05) is 84.9 Å². The quantitative estimate of drug-likeness (QED) is 0.207. The lowest BCUT2D eigenvalue weighted by Crippen LogP contribution is -2.30. The molecule has 1 aromatic heterocycles. The van der Waals surface area contributed by atoms with Crippen LogP contribution < -0.4 is 4.72 Å². The normalized spacial score (nSPS) is 11.6. The van der Waals surface area contributed by atoms with E-state index in [0.717, 1.165) is 36.9 Å². The van der Waals surface area contributed by atoms with Crippen molar-refractivity contribution in [2.45, 2.75) is 18.1 Å². The van der Waals surface area contributed by atoms with Crippen LogP contribution in [-0.4, -0.2) is 14.3 Å². The molecule has 5 aromatic carbocycles. The predicted molar refractivity (Wildman–Crippen MR) is 161 cm³/mol. The van der Waals surface area contributed by atoms with Crippen LogP contribution in [0, 0.1) is 0 Å². The van der Waals surface area contributed by atoms with Gasteiger partial charge < -0.3 is 4.74 Å². The number of nitrogens with one attached hydrogen (secondary N) is 1. The second kappa shape index (κ2) is 11.1. The first-order chi connectivity index (χ1) is 19.5. The lowest BCUT2D eigenvalue weighted by molar-refractivity contribution is 0.0980. The lowest BCUT2D eigenvalue weighted by Gasteiger charge is -2.09. The van der Waals surface area contributed by atoms with E-state index in [1.54, 1.807) is 47.7 Å². The van der Waals surface area contributed by atoms with Crippen molar-refractivity contribution in [3.8, 4) is 11.1 Å². The summed E-state index contributed by atoms with van der Waals surface area (Å²) in [5, 5.41) is 1.85. The standard InChI is InChI=1S/C33H25NO4S2/c35-33(34-40(36,37)28-18-19-32-30(20-28)29-8-4-5-9-31(29)39-32)27-16-12-24(13-17-27)22-38-21-23-10-14-26(15-11-23)25-6-2-1-3-7-25/h1-20H,21-22H2,(H,34,35). The SMILES string of the molecule is O=C(NS(=O)(=O)c1ccc2sc3ccccc3c2c1)c1ccc(COCc2ccc(-c3ccccc3)cc2)cc1. The summed E-state index contributed by atoms with van der Waals surface area (Å²) in [7, 11) is -4.04. The first kappa shape index (κ1) is 26.0. The molecule has 0 atom stereocenters. The first-order valence-electron chi connectivity index (χ1n) is 12.8. The summed E-state index contributed by atoms with van der Waals surface area (Å²) < 4.78 is 36.2. The van der Waals surface area contributed by atoms with Crippen LogP contribution in [0.5, 0.6) is 0 Å². The Bertz CT molecular complexity index is 1910. The van der Waals surface area contributed by atoms with Crippen LogP contribution in [-0.2, 0) is 28.0 Å². The Morgan fingerprint density at radius 3 is 1.98 bits per heavy atom. The highest BCUT2D eigenvalue weighted by Crippen LogP contribution is 2.34. The van der Waals surface area contributed by atoms with Crippen LogP contribution in [0.1, 0.15) is 21.5 Å². The second-order valence-electron chi connectivity index (χ2n) is 9.44. The van der Waals surface area contributed by atoms with Crippen molar-refractivity contribution >= 4 is 47.4 Å². The minimum atomic E-state index is -4.04. The minimum absolute atomic E-state index is 0.0544. The van der Waals surface area contributed by atoms with Gasteiger partial charge in [0.1, 0.15) is 0 Å². The molecule has 0 saturated heterocycles. The molecule has 1 heterocycles. The number of carbonyl (C=O) groups excluding carboxylic acids is 1. The van der Waals surface area contributed by atoms with Gasteiger partial charge in [0.2, 0.25) is 0 Å². The maximum absolute atomic E-state index is 13.0. The highest BCUT2D eigenvalue weighted by molar-refractivity contribution is 7.90. The van der Waals surface area contributed by atoms with Gasteiger partial charge in [-0.25, -0.2) is 13.1 Å². The number of rotatable bonds is 8. The zero-order valence-electron chi connectivity index (χ0n) is 21.4. The van der Waals surface area contributed by atoms with Gasteiger partial charge >= 0.3 is 0 Å². The molecule has 6 rings (SSSR count). The number of sulfonamides is 1. The number of thiophene rings is 1. The fourth-order valence-corrected chi connectivity index (χ4v) is 6.66. The summed E-state index contributed by atoms with van der Waals surface area (Å²) in [6.07, 6.45) is 0. The fraction of sp³-hybridized carbons (Fsp3) is 0.0606. The molecule has 0 saturated carbocycles. The van der Waals surface area contributed by atoms with E-state index in [1.807, 2.05) is 42.5 Å². The molecular weight excluding hydrogens is 539 g/mol. The number of carbonyl (C=O) groups is 1. The molecule has 0 bridgehead atoms. The van der Waals surface area contributed by atoms with Gasteiger partial charge in [0, 0.05) is 25.7 Å². The van der Waals surface area contributed by atoms with Gasteiger partial charge in [-0.2, -0.15) is 0 Å². The fourth-order valence-electron chi connectivity index (χ4n) is 4.58. The van der Waals surface area contributed by atoms with Crippen molar-refractivity contribution in [1.29, 1.82) is 0 Å². The van der Waals surface area contributed by atoms with Crippen LogP contribution in [0.15, 0.2) is 126 Å². The van der Waals surface area contributed by atoms with Crippen molar-refractivity contribution < 1.29 is 17.9 Å². The molecule has 0 aliphatic carbocycles. The molecule has 0 spiro atoms. The van der Waals surface area contributed by atoms with E-state index in [0.29, 0.717) is 13.2 Å². The third-order valence-corrected chi connectivity index (χ3v) is 9.18. The van der Waals surface area contributed by atoms with E-state index >= 15 is 0 Å². The topological polar surface area (TPSA) is 72.5 Å². The molecule has 5 nitrogen and oxygen atoms in total. The Morgan fingerprint density at radius 1 is 0.650 bits per heavy atom. The van der Waals surface area contributed by atoms with E-state index < -0.39 is 15.9 Å². The number of hydrogen-bond acceptors (Lipinski definition) is 5. The van der Waals surface area contributed by atoms with Crippen LogP contribution in [0.4, 0.5) is 0 Å². The summed E-state index contributed by atoms with van der Waals surface area (Å²) in [4.78, 5) is 12.8. The van der Waals surface area contributed by atoms with Gasteiger partial charge in [-0.3, -0.25) is 4.79 Å². The number of benzene rings is 5. The summed E-state index contributed by atoms with van der Waals surface area (Å²) >= 11 is 1.60. The van der Waals surface area contributed by atoms with Gasteiger partial charge in [0.05, 0.1) is 18.1 Å². The van der Waals surface area contributed by atoms with E-state index in [4.69, 9.17) is 4.74 Å². The Morgan fingerprint density at radius 2 is 1.25 bits per heavy atom. The van der Waals surface area contributed by atoms with Gasteiger partial charge in [0.25, 0.3) is 15.9 Å². The molecule has 6 aromatic rings. The average molecular weight is 564 g/mol. The number of fused-ring (bicyclic) bond motifs is 3. The van der Waals surface area contributed by atoms with E-state index in [-0.39, 0.29) is 10.5 Å². The Labute approximate surface area is 236 Å². The number of hydrogen-bond donors (Lipinski definition) is 1. The van der Waals surface area contributed by atoms with Crippen molar-refractivity contribution in [3.63, 3.8) is 0 Å². The molecule has 198 valence electrons. The first-order valence-corrected chi connectivity index (χ1v) is 15.1. The highest BCUT2D eigenvalue weighted by Gasteiger charge is 2.20. The third-order valence-electron chi connectivity index (χ3n) is 6.70. The molecule has 40 heavy (non-hydrogen) atoms. The Balaban J connectivity index is 1.07. The molecule has 0 unspecified atom stereocenters. The smallest absolute Gasteiger partial charge is 0.264 e. The van der Waals surface area contributed by atoms with Crippen LogP contribution in [0.25, 0.3) is 31.3 Å². The van der Waals surface area contributed by atoms with Gasteiger partial charge in [-0.15, -0.1) is 11.3 Å². The number of ether oxygens (including phenoxy) is 1. The van der Waals surface area contributed by atoms with Crippen LogP contribution >= 0.6 is 11.3 Å². The Hall–Kier alpha value is -4.30. The largest absolute Gasteiger partial charge is 0.372 e. The van der Waals surface area contributed by atoms with Crippen LogP contribution in [0.2, 0.25) is 0 Å². The molecular formula is C33H25NO4S2. The monoisotopic (exact) mass is 563 g/mol. The van der Waals surface area contributed by atoms with E-state index in [9.17, 15) is 13.2 Å². The molecule has 1 N–H and O–H groups in total. The summed E-state index contributed by atoms with van der Waals surface area (Å²) in [5.74, 6) is -0.679. The minimum Gasteiger partial charge on any atom is -0.372 e. The van der Waals surface area contributed by atoms with E-state index in [2.05, 4.69) is 41.1 Å². The van der Waals surface area contributed by atoms with Gasteiger partial charge in [0.15, 0.2) is 0 Å². The third kappa shape index (κ3) is 5.53. The molecule has 0 aliphatic rings. The molecule has 0 radical (unpaired) electrons. The average Bonchev–Trinajstić information content (AvgIpc) is 3.36. The zero-order chi connectivity index (χ0) is 27.5. The molecule has 1 amide bonds. The summed E-state index contributed by atoms with van der Waals surface area (Å²) in [6, 6.07) is 38.0. The molecule has 7 heteroatoms. The van der Waals surface area contributed by atoms with Crippen molar-refractivity contribution in [2.75, 3.05) is 0 Å². The highest BCUT2D eigenvalue weighted by atomic mass is 32.2. The predicted octanol–water partition coefficient (Wildman–Crippen LogP) is 7.56. The van der Waals surface area contributed by atoms with Crippen LogP contribution in [0.3, 0.4) is 0 Å². The second-order valence-corrected chi connectivity index (χ2v) is 12.2. The van der Waals surface area contributed by atoms with Crippen molar-refractivity contribution in [1.82, 2.24) is 4.72 Å².